The van der Waals surface area contributed by atoms with Crippen molar-refractivity contribution >= 4 is 29.2 Å². The summed E-state index contributed by atoms with van der Waals surface area (Å²) in [6.07, 6.45) is 1.02. The van der Waals surface area contributed by atoms with Gasteiger partial charge in [-0.25, -0.2) is 0 Å². The Labute approximate surface area is 141 Å². The number of carboxylic acids is 1. The standard InChI is InChI=1S/C18H24N2O4/c1-11(2)9-13(10-17(22)23)18(24)19-15-5-4-6-16-14(15)7-8-20(16)12(3)21/h4-6,11,13H,7-10H2,1-3H3,(H,19,24)(H,22,23). The number of aliphatic carboxylic acids is 1. The molecule has 1 aromatic carbocycles. The molecule has 1 unspecified atom stereocenters. The smallest absolute Gasteiger partial charge is 0.304 e. The molecule has 0 radical (unpaired) electrons. The fourth-order valence-corrected chi connectivity index (χ4v) is 3.18. The first kappa shape index (κ1) is 18.0. The van der Waals surface area contributed by atoms with Gasteiger partial charge in [-0.1, -0.05) is 19.9 Å². The molecule has 2 N–H and O–H groups in total. The Morgan fingerprint density at radius 1 is 1.29 bits per heavy atom. The molecule has 1 aliphatic heterocycles. The molecule has 0 bridgehead atoms. The number of carbonyl (C=O) groups is 3. The number of hydrogen-bond donors (Lipinski definition) is 2. The summed E-state index contributed by atoms with van der Waals surface area (Å²) in [5.74, 6) is -1.61. The van der Waals surface area contributed by atoms with E-state index in [0.29, 0.717) is 25.1 Å². The van der Waals surface area contributed by atoms with Crippen molar-refractivity contribution in [3.63, 3.8) is 0 Å². The maximum atomic E-state index is 12.5. The van der Waals surface area contributed by atoms with E-state index in [1.807, 2.05) is 19.9 Å². The van der Waals surface area contributed by atoms with Gasteiger partial charge in [-0.3, -0.25) is 14.4 Å². The van der Waals surface area contributed by atoms with Crippen molar-refractivity contribution in [2.45, 2.75) is 40.0 Å². The molecule has 1 heterocycles. The van der Waals surface area contributed by atoms with E-state index < -0.39 is 11.9 Å². The number of benzene rings is 1. The Bertz CT molecular complexity index is 654. The minimum Gasteiger partial charge on any atom is -0.481 e. The Balaban J connectivity index is 2.20. The molecule has 6 nitrogen and oxygen atoms in total. The highest BCUT2D eigenvalue weighted by atomic mass is 16.4. The van der Waals surface area contributed by atoms with E-state index in [0.717, 1.165) is 11.3 Å². The number of carbonyl (C=O) groups excluding carboxylic acids is 2. The molecule has 0 spiro atoms. The first-order valence-electron chi connectivity index (χ1n) is 8.22. The van der Waals surface area contributed by atoms with Gasteiger partial charge in [0.2, 0.25) is 11.8 Å². The third-order valence-electron chi connectivity index (χ3n) is 4.21. The number of anilines is 2. The molecule has 2 rings (SSSR count). The second-order valence-electron chi connectivity index (χ2n) is 6.64. The highest BCUT2D eigenvalue weighted by Gasteiger charge is 2.27. The summed E-state index contributed by atoms with van der Waals surface area (Å²) in [6.45, 7) is 6.05. The molecular weight excluding hydrogens is 308 g/mol. The molecule has 0 saturated heterocycles. The second kappa shape index (κ2) is 7.47. The lowest BCUT2D eigenvalue weighted by molar-refractivity contribution is -0.140. The summed E-state index contributed by atoms with van der Waals surface area (Å²) in [6, 6.07) is 5.46. The zero-order chi connectivity index (χ0) is 17.9. The van der Waals surface area contributed by atoms with Crippen LogP contribution in [0.1, 0.15) is 39.2 Å². The molecule has 0 saturated carbocycles. The van der Waals surface area contributed by atoms with Gasteiger partial charge >= 0.3 is 5.97 Å². The largest absolute Gasteiger partial charge is 0.481 e. The number of nitrogens with one attached hydrogen (secondary N) is 1. The lowest BCUT2D eigenvalue weighted by atomic mass is 9.93. The molecule has 1 aromatic rings. The third kappa shape index (κ3) is 4.13. The van der Waals surface area contributed by atoms with Gasteiger partial charge in [-0.05, 0) is 30.9 Å². The SMILES string of the molecule is CC(=O)N1CCc2c(NC(=O)C(CC(=O)O)CC(C)C)cccc21. The van der Waals surface area contributed by atoms with E-state index in [4.69, 9.17) is 5.11 Å². The molecule has 1 atom stereocenters. The topological polar surface area (TPSA) is 86.7 Å². The van der Waals surface area contributed by atoms with Crippen LogP contribution < -0.4 is 10.2 Å². The van der Waals surface area contributed by atoms with E-state index in [-0.39, 0.29) is 24.2 Å². The number of carboxylic acid groups (broad SMARTS) is 1. The van der Waals surface area contributed by atoms with Crippen LogP contribution in [0.25, 0.3) is 0 Å². The quantitative estimate of drug-likeness (QED) is 0.838. The summed E-state index contributed by atoms with van der Waals surface area (Å²) < 4.78 is 0. The Morgan fingerprint density at radius 2 is 2.00 bits per heavy atom. The summed E-state index contributed by atoms with van der Waals surface area (Å²) in [7, 11) is 0. The lowest BCUT2D eigenvalue weighted by Crippen LogP contribution is -2.27. The molecule has 130 valence electrons. The fraction of sp³-hybridized carbons (Fsp3) is 0.500. The van der Waals surface area contributed by atoms with E-state index in [1.165, 1.54) is 6.92 Å². The molecule has 24 heavy (non-hydrogen) atoms. The van der Waals surface area contributed by atoms with Crippen LogP contribution in [0.5, 0.6) is 0 Å². The predicted molar refractivity (Wildman–Crippen MR) is 92.0 cm³/mol. The summed E-state index contributed by atoms with van der Waals surface area (Å²) in [5.41, 5.74) is 2.42. The monoisotopic (exact) mass is 332 g/mol. The van der Waals surface area contributed by atoms with Gasteiger partial charge < -0.3 is 15.3 Å². The third-order valence-corrected chi connectivity index (χ3v) is 4.21. The van der Waals surface area contributed by atoms with Crippen LogP contribution in [0.3, 0.4) is 0 Å². The summed E-state index contributed by atoms with van der Waals surface area (Å²) in [4.78, 5) is 36.9. The Morgan fingerprint density at radius 3 is 2.58 bits per heavy atom. The highest BCUT2D eigenvalue weighted by Crippen LogP contribution is 2.34. The number of nitrogens with zero attached hydrogens (tertiary/aromatic N) is 1. The molecule has 6 heteroatoms. The van der Waals surface area contributed by atoms with Crippen molar-refractivity contribution in [3.8, 4) is 0 Å². The van der Waals surface area contributed by atoms with Gasteiger partial charge in [0.15, 0.2) is 0 Å². The van der Waals surface area contributed by atoms with Crippen molar-refractivity contribution < 1.29 is 19.5 Å². The first-order valence-corrected chi connectivity index (χ1v) is 8.22. The van der Waals surface area contributed by atoms with Crippen LogP contribution in [-0.2, 0) is 20.8 Å². The van der Waals surface area contributed by atoms with E-state index in [1.54, 1.807) is 17.0 Å². The van der Waals surface area contributed by atoms with Gasteiger partial charge in [0, 0.05) is 36.3 Å². The number of amides is 2. The molecule has 1 aliphatic rings. The molecular formula is C18H24N2O4. The zero-order valence-electron chi connectivity index (χ0n) is 14.3. The van der Waals surface area contributed by atoms with Gasteiger partial charge in [-0.15, -0.1) is 0 Å². The molecule has 0 aromatic heterocycles. The number of fused-ring (bicyclic) bond motifs is 1. The average Bonchev–Trinajstić information content (AvgIpc) is 2.90. The number of hydrogen-bond acceptors (Lipinski definition) is 3. The molecule has 0 fully saturated rings. The Kier molecular flexibility index (Phi) is 5.59. The number of rotatable bonds is 6. The zero-order valence-corrected chi connectivity index (χ0v) is 14.3. The minimum atomic E-state index is -0.975. The first-order chi connectivity index (χ1) is 11.3. The average molecular weight is 332 g/mol. The van der Waals surface area contributed by atoms with Gasteiger partial charge in [0.25, 0.3) is 0 Å². The van der Waals surface area contributed by atoms with E-state index >= 15 is 0 Å². The Hall–Kier alpha value is -2.37. The lowest BCUT2D eigenvalue weighted by Gasteiger charge is -2.19. The van der Waals surface area contributed by atoms with Crippen LogP contribution in [0, 0.1) is 11.8 Å². The maximum Gasteiger partial charge on any atom is 0.304 e. The summed E-state index contributed by atoms with van der Waals surface area (Å²) in [5, 5.41) is 11.9. The summed E-state index contributed by atoms with van der Waals surface area (Å²) >= 11 is 0. The van der Waals surface area contributed by atoms with Crippen molar-refractivity contribution in [2.75, 3.05) is 16.8 Å². The van der Waals surface area contributed by atoms with Crippen LogP contribution >= 0.6 is 0 Å². The normalized spacial score (nSPS) is 14.4. The molecule has 0 aliphatic carbocycles. The van der Waals surface area contributed by atoms with Gasteiger partial charge in [0.1, 0.15) is 0 Å². The van der Waals surface area contributed by atoms with Crippen LogP contribution in [0.2, 0.25) is 0 Å². The van der Waals surface area contributed by atoms with Crippen molar-refractivity contribution in [1.29, 1.82) is 0 Å². The van der Waals surface area contributed by atoms with Crippen LogP contribution in [-0.4, -0.2) is 29.4 Å². The van der Waals surface area contributed by atoms with Gasteiger partial charge in [0.05, 0.1) is 6.42 Å². The van der Waals surface area contributed by atoms with Crippen LogP contribution in [0.15, 0.2) is 18.2 Å². The predicted octanol–water partition coefficient (Wildman–Crippen LogP) is 2.67. The van der Waals surface area contributed by atoms with Crippen LogP contribution in [0.4, 0.5) is 11.4 Å². The van der Waals surface area contributed by atoms with Crippen molar-refractivity contribution in [3.05, 3.63) is 23.8 Å². The van der Waals surface area contributed by atoms with E-state index in [2.05, 4.69) is 5.32 Å². The highest BCUT2D eigenvalue weighted by molar-refractivity contribution is 5.99. The minimum absolute atomic E-state index is 0.0270. The second-order valence-corrected chi connectivity index (χ2v) is 6.64. The maximum absolute atomic E-state index is 12.5. The fourth-order valence-electron chi connectivity index (χ4n) is 3.18. The van der Waals surface area contributed by atoms with Gasteiger partial charge in [-0.2, -0.15) is 0 Å². The van der Waals surface area contributed by atoms with E-state index in [9.17, 15) is 14.4 Å². The van der Waals surface area contributed by atoms with Crippen molar-refractivity contribution in [2.24, 2.45) is 11.8 Å². The van der Waals surface area contributed by atoms with Crippen molar-refractivity contribution in [1.82, 2.24) is 0 Å². The molecule has 2 amide bonds.